The van der Waals surface area contributed by atoms with Crippen molar-refractivity contribution in [1.82, 2.24) is 34.4 Å². The van der Waals surface area contributed by atoms with Gasteiger partial charge in [0.1, 0.15) is 40.9 Å². The minimum atomic E-state index is -2.68. The first-order chi connectivity index (χ1) is 22.3. The molecule has 2 unspecified atom stereocenters. The molecule has 14 heteroatoms. The van der Waals surface area contributed by atoms with Crippen LogP contribution < -0.4 is 19.7 Å². The summed E-state index contributed by atoms with van der Waals surface area (Å²) in [5.74, 6) is 2.87. The number of amides is 1. The molecule has 2 aliphatic rings. The number of benzene rings is 2. The number of carbonyl (C=O) groups excluding carboxylic acids is 1. The van der Waals surface area contributed by atoms with Gasteiger partial charge in [-0.2, -0.15) is 8.78 Å². The number of ether oxygens (including phenoxy) is 2. The molecule has 2 saturated heterocycles. The van der Waals surface area contributed by atoms with Crippen LogP contribution in [0.5, 0.6) is 17.2 Å². The molecule has 2 fully saturated rings. The number of alkyl halides is 2. The molecule has 5 aromatic rings. The largest absolute Gasteiger partial charge is 0.494 e. The van der Waals surface area contributed by atoms with Gasteiger partial charge in [-0.3, -0.25) is 9.36 Å². The first kappa shape index (κ1) is 29.3. The third-order valence-corrected chi connectivity index (χ3v) is 8.58. The molecule has 12 nitrogen and oxygen atoms in total. The summed E-state index contributed by atoms with van der Waals surface area (Å²) in [5, 5.41) is 3.35. The number of likely N-dealkylation sites (tertiary alicyclic amines) is 1. The van der Waals surface area contributed by atoms with Crippen LogP contribution in [0.2, 0.25) is 0 Å². The van der Waals surface area contributed by atoms with Crippen LogP contribution in [0.25, 0.3) is 22.1 Å². The van der Waals surface area contributed by atoms with Crippen LogP contribution in [0.3, 0.4) is 0 Å². The van der Waals surface area contributed by atoms with Gasteiger partial charge in [-0.05, 0) is 55.5 Å². The van der Waals surface area contributed by atoms with E-state index in [-0.39, 0.29) is 11.9 Å². The topological polar surface area (TPSA) is 123 Å². The first-order valence-electron chi connectivity index (χ1n) is 14.8. The average Bonchev–Trinajstić information content (AvgIpc) is 3.60. The highest BCUT2D eigenvalue weighted by Crippen LogP contribution is 2.38. The maximum atomic E-state index is 13.2. The third-order valence-electron chi connectivity index (χ3n) is 8.58. The Hall–Kier alpha value is -5.40. The lowest BCUT2D eigenvalue weighted by atomic mass is 10.0. The zero-order chi connectivity index (χ0) is 31.9. The number of anilines is 3. The Labute approximate surface area is 262 Å². The van der Waals surface area contributed by atoms with E-state index in [2.05, 4.69) is 36.7 Å². The fourth-order valence-electron chi connectivity index (χ4n) is 6.27. The predicted octanol–water partition coefficient (Wildman–Crippen LogP) is 5.63. The second-order valence-corrected chi connectivity index (χ2v) is 11.4. The zero-order valence-corrected chi connectivity index (χ0v) is 25.2. The SMILES string of the molecule is C=CC(=O)N1CC2CCN(c3ncc4ncnc(Nc5cc(C)c(Oc6ccc7c(c6)ncn7C(F)F)cc5OC)c4n3)CC1C2. The lowest BCUT2D eigenvalue weighted by Crippen LogP contribution is -2.44. The fourth-order valence-corrected chi connectivity index (χ4v) is 6.27. The Morgan fingerprint density at radius 3 is 2.78 bits per heavy atom. The summed E-state index contributed by atoms with van der Waals surface area (Å²) in [6, 6.07) is 8.47. The van der Waals surface area contributed by atoms with Crippen LogP contribution in [-0.2, 0) is 4.79 Å². The van der Waals surface area contributed by atoms with Crippen molar-refractivity contribution >= 4 is 45.4 Å². The number of rotatable bonds is 8. The Morgan fingerprint density at radius 1 is 1.11 bits per heavy atom. The van der Waals surface area contributed by atoms with Crippen molar-refractivity contribution in [3.05, 3.63) is 67.4 Å². The van der Waals surface area contributed by atoms with Crippen molar-refractivity contribution in [2.24, 2.45) is 5.92 Å². The molecule has 1 amide bonds. The van der Waals surface area contributed by atoms with Crippen LogP contribution in [0.15, 0.2) is 61.8 Å². The number of nitrogens with zero attached hydrogens (tertiary/aromatic N) is 8. The molecular formula is C32H31F2N9O3. The molecule has 0 spiro atoms. The average molecular weight is 628 g/mol. The quantitative estimate of drug-likeness (QED) is 0.217. The number of aromatic nitrogens is 6. The minimum Gasteiger partial charge on any atom is -0.494 e. The van der Waals surface area contributed by atoms with Crippen LogP contribution in [-0.4, -0.2) is 73.1 Å². The molecule has 0 radical (unpaired) electrons. The fraction of sp³-hybridized carbons (Fsp3) is 0.312. The molecule has 3 aromatic heterocycles. The lowest BCUT2D eigenvalue weighted by molar-refractivity contribution is -0.126. The minimum absolute atomic E-state index is 0.0445. The first-order valence-corrected chi connectivity index (χ1v) is 14.8. The van der Waals surface area contributed by atoms with Crippen LogP contribution in [0.1, 0.15) is 25.0 Å². The molecule has 0 saturated carbocycles. The molecular weight excluding hydrogens is 596 g/mol. The Kier molecular flexibility index (Phi) is 7.54. The van der Waals surface area contributed by atoms with E-state index >= 15 is 0 Å². The van der Waals surface area contributed by atoms with Crippen LogP contribution in [0.4, 0.5) is 26.2 Å². The third kappa shape index (κ3) is 5.39. The Balaban J connectivity index is 1.15. The highest BCUT2D eigenvalue weighted by atomic mass is 19.3. The molecule has 5 heterocycles. The van der Waals surface area contributed by atoms with Crippen LogP contribution in [0, 0.1) is 12.8 Å². The molecule has 236 valence electrons. The van der Waals surface area contributed by atoms with Crippen molar-refractivity contribution in [1.29, 1.82) is 0 Å². The number of hydrogen-bond acceptors (Lipinski definition) is 10. The second kappa shape index (κ2) is 11.8. The summed E-state index contributed by atoms with van der Waals surface area (Å²) in [7, 11) is 1.55. The summed E-state index contributed by atoms with van der Waals surface area (Å²) in [5.41, 5.74) is 3.23. The molecule has 7 rings (SSSR count). The van der Waals surface area contributed by atoms with Gasteiger partial charge in [0.15, 0.2) is 5.82 Å². The lowest BCUT2D eigenvalue weighted by Gasteiger charge is -2.31. The summed E-state index contributed by atoms with van der Waals surface area (Å²) in [4.78, 5) is 38.9. The predicted molar refractivity (Wildman–Crippen MR) is 168 cm³/mol. The highest BCUT2D eigenvalue weighted by Gasteiger charge is 2.38. The van der Waals surface area contributed by atoms with Gasteiger partial charge in [-0.15, -0.1) is 0 Å². The summed E-state index contributed by atoms with van der Waals surface area (Å²) < 4.78 is 39.1. The highest BCUT2D eigenvalue weighted by molar-refractivity contribution is 5.89. The van der Waals surface area contributed by atoms with Gasteiger partial charge < -0.3 is 24.6 Å². The van der Waals surface area contributed by atoms with E-state index in [9.17, 15) is 13.6 Å². The maximum Gasteiger partial charge on any atom is 0.320 e. The molecule has 0 aliphatic carbocycles. The van der Waals surface area contributed by atoms with Crippen molar-refractivity contribution in [3.8, 4) is 17.2 Å². The number of fused-ring (bicyclic) bond motifs is 4. The van der Waals surface area contributed by atoms with E-state index in [4.69, 9.17) is 14.5 Å². The number of hydrogen-bond donors (Lipinski definition) is 1. The second-order valence-electron chi connectivity index (χ2n) is 11.4. The van der Waals surface area contributed by atoms with Crippen molar-refractivity contribution in [2.75, 3.05) is 37.0 Å². The smallest absolute Gasteiger partial charge is 0.320 e. The molecule has 1 N–H and O–H groups in total. The number of carbonyl (C=O) groups is 1. The standard InChI is InChI=1S/C32H31F2N9O3/c1-4-28(44)42-14-19-7-8-41(15-20(42)10-19)32-35-13-24-29(40-32)30(37-16-36-24)39-23-9-18(2)26(12-27(23)45-3)46-21-5-6-25-22(11-21)38-17-43(25)31(33)34/h4-6,9,11-13,16-17,19-20,31H,1,7-8,10,14-15H2,2-3H3,(H,36,37,39). The van der Waals surface area contributed by atoms with Gasteiger partial charge in [0.25, 0.3) is 0 Å². The number of methoxy groups -OCH3 is 1. The monoisotopic (exact) mass is 627 g/mol. The summed E-state index contributed by atoms with van der Waals surface area (Å²) in [6.45, 7) is 5.05. The molecule has 2 aliphatic heterocycles. The van der Waals surface area contributed by atoms with Gasteiger partial charge >= 0.3 is 6.55 Å². The number of halogens is 2. The van der Waals surface area contributed by atoms with E-state index in [1.807, 2.05) is 17.9 Å². The van der Waals surface area contributed by atoms with Crippen molar-refractivity contribution in [3.63, 3.8) is 0 Å². The van der Waals surface area contributed by atoms with Gasteiger partial charge in [-0.25, -0.2) is 24.9 Å². The van der Waals surface area contributed by atoms with Crippen molar-refractivity contribution in [2.45, 2.75) is 32.4 Å². The summed E-state index contributed by atoms with van der Waals surface area (Å²) in [6.07, 6.45) is 7.50. The number of imidazole rings is 1. The number of aryl methyl sites for hydroxylation is 1. The summed E-state index contributed by atoms with van der Waals surface area (Å²) >= 11 is 0. The Morgan fingerprint density at radius 2 is 1.98 bits per heavy atom. The van der Waals surface area contributed by atoms with Crippen LogP contribution >= 0.6 is 0 Å². The number of nitrogens with one attached hydrogen (secondary N) is 1. The van der Waals surface area contributed by atoms with E-state index in [0.717, 1.165) is 42.4 Å². The van der Waals surface area contributed by atoms with Gasteiger partial charge in [-0.1, -0.05) is 6.58 Å². The zero-order valence-electron chi connectivity index (χ0n) is 25.2. The van der Waals surface area contributed by atoms with Gasteiger partial charge in [0, 0.05) is 37.8 Å². The molecule has 2 atom stereocenters. The molecule has 2 bridgehead atoms. The van der Waals surface area contributed by atoms with Crippen molar-refractivity contribution < 1.29 is 23.0 Å². The van der Waals surface area contributed by atoms with E-state index in [1.165, 1.54) is 12.4 Å². The molecule has 46 heavy (non-hydrogen) atoms. The maximum absolute atomic E-state index is 13.2. The normalized spacial score (nSPS) is 17.8. The van der Waals surface area contributed by atoms with Gasteiger partial charge in [0.2, 0.25) is 11.9 Å². The van der Waals surface area contributed by atoms with E-state index in [1.54, 1.807) is 37.6 Å². The van der Waals surface area contributed by atoms with E-state index < -0.39 is 6.55 Å². The molecule has 2 aromatic carbocycles. The van der Waals surface area contributed by atoms with Gasteiger partial charge in [0.05, 0.1) is 30.0 Å². The Bertz CT molecular complexity index is 1970. The van der Waals surface area contributed by atoms with E-state index in [0.29, 0.717) is 69.2 Å².